The number of hydrogen-bond donors (Lipinski definition) is 1. The van der Waals surface area contributed by atoms with Crippen LogP contribution in [-0.4, -0.2) is 32.4 Å². The molecule has 1 aliphatic carbocycles. The normalized spacial score (nSPS) is 22.1. The molecule has 4 nitrogen and oxygen atoms in total. The number of carbonyl (C=O) groups excluding carboxylic acids is 1. The van der Waals surface area contributed by atoms with Crippen LogP contribution >= 0.6 is 0 Å². The fourth-order valence-corrected chi connectivity index (χ4v) is 3.50. The number of amides is 1. The lowest BCUT2D eigenvalue weighted by Gasteiger charge is -2.21. The van der Waals surface area contributed by atoms with Crippen LogP contribution in [0.15, 0.2) is 24.3 Å². The smallest absolute Gasteiger partial charge is 0.352 e. The molecule has 128 valence electrons. The quantitative estimate of drug-likeness (QED) is 0.908. The predicted molar refractivity (Wildman–Crippen MR) is 79.7 cm³/mol. The van der Waals surface area contributed by atoms with Gasteiger partial charge in [0, 0.05) is 18.2 Å². The first-order chi connectivity index (χ1) is 10.6. The first-order valence-corrected chi connectivity index (χ1v) is 9.26. The molecule has 2 rings (SSSR count). The van der Waals surface area contributed by atoms with E-state index < -0.39 is 33.2 Å². The summed E-state index contributed by atoms with van der Waals surface area (Å²) in [6, 6.07) is 4.66. The van der Waals surface area contributed by atoms with Crippen molar-refractivity contribution in [1.82, 2.24) is 5.32 Å². The van der Waals surface area contributed by atoms with Crippen molar-refractivity contribution in [3.8, 4) is 0 Å². The third-order valence-electron chi connectivity index (χ3n) is 3.92. The number of nitrogens with one attached hydrogen (secondary N) is 1. The highest BCUT2D eigenvalue weighted by molar-refractivity contribution is 7.91. The number of halogens is 3. The Balaban J connectivity index is 2.08. The molecule has 1 N–H and O–H groups in total. The van der Waals surface area contributed by atoms with Gasteiger partial charge in [0.15, 0.2) is 9.84 Å². The number of sulfone groups is 1. The molecule has 0 saturated heterocycles. The largest absolute Gasteiger partial charge is 0.416 e. The van der Waals surface area contributed by atoms with Gasteiger partial charge in [0.2, 0.25) is 5.91 Å². The van der Waals surface area contributed by atoms with Crippen molar-refractivity contribution in [3.05, 3.63) is 35.4 Å². The number of hydrogen-bond acceptors (Lipinski definition) is 3. The second-order valence-corrected chi connectivity index (χ2v) is 8.04. The molecule has 0 heterocycles. The Morgan fingerprint density at radius 3 is 2.35 bits per heavy atom. The predicted octanol–water partition coefficient (Wildman–Crippen LogP) is 2.50. The zero-order chi connectivity index (χ0) is 17.3. The number of benzene rings is 1. The van der Waals surface area contributed by atoms with Gasteiger partial charge in [-0.25, -0.2) is 8.42 Å². The van der Waals surface area contributed by atoms with Crippen LogP contribution in [0.25, 0.3) is 0 Å². The van der Waals surface area contributed by atoms with Crippen molar-refractivity contribution in [2.24, 2.45) is 0 Å². The van der Waals surface area contributed by atoms with Crippen molar-refractivity contribution in [2.45, 2.75) is 37.4 Å². The highest BCUT2D eigenvalue weighted by atomic mass is 32.2. The second-order valence-electron chi connectivity index (χ2n) is 5.90. The third-order valence-corrected chi connectivity index (χ3v) is 4.71. The van der Waals surface area contributed by atoms with Gasteiger partial charge in [0.1, 0.15) is 5.75 Å². The van der Waals surface area contributed by atoms with Gasteiger partial charge in [-0.15, -0.1) is 0 Å². The summed E-state index contributed by atoms with van der Waals surface area (Å²) in [5, 5.41) is 2.69. The number of carbonyl (C=O) groups is 1. The van der Waals surface area contributed by atoms with E-state index in [9.17, 15) is 26.4 Å². The number of rotatable bonds is 4. The Kier molecular flexibility index (Phi) is 5.03. The highest BCUT2D eigenvalue weighted by Crippen LogP contribution is 2.36. The molecular weight excluding hydrogens is 331 g/mol. The average Bonchev–Trinajstić information content (AvgIpc) is 2.83. The van der Waals surface area contributed by atoms with Crippen LogP contribution in [0.5, 0.6) is 0 Å². The van der Waals surface area contributed by atoms with E-state index in [0.29, 0.717) is 6.42 Å². The molecule has 23 heavy (non-hydrogen) atoms. The van der Waals surface area contributed by atoms with Crippen LogP contribution in [0.3, 0.4) is 0 Å². The summed E-state index contributed by atoms with van der Waals surface area (Å²) in [6.07, 6.45) is -1.14. The Morgan fingerprint density at radius 2 is 1.83 bits per heavy atom. The molecule has 0 aromatic heterocycles. The topological polar surface area (TPSA) is 63.2 Å². The molecule has 8 heteroatoms. The molecule has 0 unspecified atom stereocenters. The highest BCUT2D eigenvalue weighted by Gasteiger charge is 2.33. The third kappa shape index (κ3) is 4.95. The summed E-state index contributed by atoms with van der Waals surface area (Å²) in [4.78, 5) is 11.7. The van der Waals surface area contributed by atoms with Crippen LogP contribution in [0.1, 0.15) is 36.3 Å². The van der Waals surface area contributed by atoms with E-state index in [4.69, 9.17) is 0 Å². The van der Waals surface area contributed by atoms with Gasteiger partial charge in [0.05, 0.1) is 5.56 Å². The molecule has 0 aliphatic heterocycles. The van der Waals surface area contributed by atoms with E-state index in [0.717, 1.165) is 36.8 Å². The Labute approximate surface area is 133 Å². The summed E-state index contributed by atoms with van der Waals surface area (Å²) < 4.78 is 60.0. The molecule has 1 aromatic rings. The summed E-state index contributed by atoms with van der Waals surface area (Å²) in [5.41, 5.74) is 0.0112. The summed E-state index contributed by atoms with van der Waals surface area (Å²) in [5.74, 6) is -1.25. The minimum absolute atomic E-state index is 0.0965. The standard InChI is InChI=1S/C15H18F3NO3S/c1-23(21,22)9-14(20)19-13-4-2-3-12(13)10-5-7-11(8-6-10)15(16,17)18/h5-8,12-13H,2-4,9H2,1H3,(H,19,20)/t12-,13+/m0/s1. The van der Waals surface area contributed by atoms with Crippen LogP contribution in [0, 0.1) is 0 Å². The summed E-state index contributed by atoms with van der Waals surface area (Å²) in [6.45, 7) is 0. The van der Waals surface area contributed by atoms with Gasteiger partial charge >= 0.3 is 6.18 Å². The van der Waals surface area contributed by atoms with Gasteiger partial charge in [0.25, 0.3) is 0 Å². The number of alkyl halides is 3. The molecule has 1 fully saturated rings. The van der Waals surface area contributed by atoms with E-state index in [1.54, 1.807) is 0 Å². The van der Waals surface area contributed by atoms with E-state index >= 15 is 0 Å². The fourth-order valence-electron chi connectivity index (χ4n) is 2.94. The first-order valence-electron chi connectivity index (χ1n) is 7.20. The lowest BCUT2D eigenvalue weighted by atomic mass is 9.93. The molecule has 2 atom stereocenters. The Morgan fingerprint density at radius 1 is 1.22 bits per heavy atom. The maximum absolute atomic E-state index is 12.6. The molecule has 0 radical (unpaired) electrons. The minimum atomic E-state index is -4.38. The van der Waals surface area contributed by atoms with Crippen molar-refractivity contribution in [3.63, 3.8) is 0 Å². The van der Waals surface area contributed by atoms with Gasteiger partial charge in [-0.1, -0.05) is 18.6 Å². The average molecular weight is 349 g/mol. The van der Waals surface area contributed by atoms with E-state index in [-0.39, 0.29) is 12.0 Å². The fraction of sp³-hybridized carbons (Fsp3) is 0.533. The monoisotopic (exact) mass is 349 g/mol. The van der Waals surface area contributed by atoms with Crippen LogP contribution in [0.2, 0.25) is 0 Å². The zero-order valence-corrected chi connectivity index (χ0v) is 13.4. The SMILES string of the molecule is CS(=O)(=O)CC(=O)N[C@@H]1CCC[C@H]1c1ccc(C(F)(F)F)cc1. The van der Waals surface area contributed by atoms with E-state index in [1.165, 1.54) is 12.1 Å². The molecule has 0 bridgehead atoms. The van der Waals surface area contributed by atoms with Crippen LogP contribution < -0.4 is 5.32 Å². The first kappa shape index (κ1) is 17.8. The molecule has 1 amide bonds. The maximum Gasteiger partial charge on any atom is 0.416 e. The summed E-state index contributed by atoms with van der Waals surface area (Å²) in [7, 11) is -3.41. The van der Waals surface area contributed by atoms with Crippen molar-refractivity contribution in [1.29, 1.82) is 0 Å². The van der Waals surface area contributed by atoms with Crippen molar-refractivity contribution < 1.29 is 26.4 Å². The summed E-state index contributed by atoms with van der Waals surface area (Å²) >= 11 is 0. The van der Waals surface area contributed by atoms with Crippen molar-refractivity contribution in [2.75, 3.05) is 12.0 Å². The van der Waals surface area contributed by atoms with Crippen LogP contribution in [0.4, 0.5) is 13.2 Å². The Bertz CT molecular complexity index is 668. The maximum atomic E-state index is 12.6. The van der Waals surface area contributed by atoms with Gasteiger partial charge in [-0.05, 0) is 30.5 Å². The Hall–Kier alpha value is -1.57. The minimum Gasteiger partial charge on any atom is -0.352 e. The van der Waals surface area contributed by atoms with Crippen LogP contribution in [-0.2, 0) is 20.8 Å². The van der Waals surface area contributed by atoms with Gasteiger partial charge in [-0.2, -0.15) is 13.2 Å². The molecule has 1 aromatic carbocycles. The van der Waals surface area contributed by atoms with E-state index in [2.05, 4.69) is 5.32 Å². The van der Waals surface area contributed by atoms with Gasteiger partial charge < -0.3 is 5.32 Å². The molecule has 1 saturated carbocycles. The van der Waals surface area contributed by atoms with Gasteiger partial charge in [-0.3, -0.25) is 4.79 Å². The van der Waals surface area contributed by atoms with Crippen molar-refractivity contribution >= 4 is 15.7 Å². The lowest BCUT2D eigenvalue weighted by molar-refractivity contribution is -0.137. The van der Waals surface area contributed by atoms with E-state index in [1.807, 2.05) is 0 Å². The zero-order valence-electron chi connectivity index (χ0n) is 12.6. The molecule has 0 spiro atoms. The molecule has 1 aliphatic rings. The second kappa shape index (κ2) is 6.51. The molecular formula is C15H18F3NO3S. The lowest BCUT2D eigenvalue weighted by Crippen LogP contribution is -2.39.